The van der Waals surface area contributed by atoms with Crippen LogP contribution in [0.4, 0.5) is 5.13 Å². The van der Waals surface area contributed by atoms with Gasteiger partial charge in [-0.3, -0.25) is 4.79 Å². The summed E-state index contributed by atoms with van der Waals surface area (Å²) in [5.74, 6) is 0.258. The van der Waals surface area contributed by atoms with Crippen LogP contribution in [0.1, 0.15) is 71.6 Å². The third-order valence-electron chi connectivity index (χ3n) is 5.35. The molecule has 25 heavy (non-hydrogen) atoms. The van der Waals surface area contributed by atoms with Gasteiger partial charge in [0.15, 0.2) is 4.34 Å². The molecule has 5 nitrogen and oxygen atoms in total. The van der Waals surface area contributed by atoms with Gasteiger partial charge in [-0.25, -0.2) is 0 Å². The Balaban J connectivity index is 1.53. The molecule has 0 spiro atoms. The predicted octanol–water partition coefficient (Wildman–Crippen LogP) is 4.55. The third kappa shape index (κ3) is 5.09. The second-order valence-electron chi connectivity index (χ2n) is 7.20. The molecule has 2 aliphatic rings. The summed E-state index contributed by atoms with van der Waals surface area (Å²) in [5, 5.41) is 12.9. The number of hydrogen-bond donors (Lipinski definition) is 1. The van der Waals surface area contributed by atoms with Gasteiger partial charge in [-0.2, -0.15) is 0 Å². The number of amides is 1. The lowest BCUT2D eigenvalue weighted by Crippen LogP contribution is -2.46. The van der Waals surface area contributed by atoms with E-state index in [4.69, 9.17) is 0 Å². The van der Waals surface area contributed by atoms with Crippen molar-refractivity contribution in [2.45, 2.75) is 93.3 Å². The standard InChI is InChI=1S/C18H30N4OS2/c1-3-15-11-7-8-12-22(15)16(23)13(2)24-18-21-20-17(25-18)19-14-9-5-4-6-10-14/h13-15H,3-12H2,1-2H3,(H,19,20). The van der Waals surface area contributed by atoms with Crippen LogP contribution in [0.3, 0.4) is 0 Å². The number of rotatable bonds is 6. The van der Waals surface area contributed by atoms with Gasteiger partial charge in [0.2, 0.25) is 11.0 Å². The van der Waals surface area contributed by atoms with Crippen molar-refractivity contribution in [1.82, 2.24) is 15.1 Å². The van der Waals surface area contributed by atoms with E-state index in [1.165, 1.54) is 38.5 Å². The second-order valence-corrected chi connectivity index (χ2v) is 9.77. The Bertz CT molecular complexity index is 559. The SMILES string of the molecule is CCC1CCCCN1C(=O)C(C)Sc1nnc(NC2CCCCC2)s1. The first kappa shape index (κ1) is 19.0. The maximum absolute atomic E-state index is 12.8. The zero-order chi connectivity index (χ0) is 17.6. The third-order valence-corrected chi connectivity index (χ3v) is 7.37. The van der Waals surface area contributed by atoms with Crippen molar-refractivity contribution in [3.63, 3.8) is 0 Å². The first-order valence-electron chi connectivity index (χ1n) is 9.74. The Morgan fingerprint density at radius 1 is 1.24 bits per heavy atom. The molecule has 1 aromatic heterocycles. The fourth-order valence-corrected chi connectivity index (χ4v) is 5.93. The van der Waals surface area contributed by atoms with Crippen LogP contribution < -0.4 is 5.32 Å². The Labute approximate surface area is 159 Å². The van der Waals surface area contributed by atoms with E-state index in [-0.39, 0.29) is 11.2 Å². The average molecular weight is 383 g/mol. The number of anilines is 1. The molecular weight excluding hydrogens is 352 g/mol. The topological polar surface area (TPSA) is 58.1 Å². The summed E-state index contributed by atoms with van der Waals surface area (Å²) in [6.45, 7) is 5.10. The molecule has 140 valence electrons. The van der Waals surface area contributed by atoms with Gasteiger partial charge in [0.1, 0.15) is 0 Å². The quantitative estimate of drug-likeness (QED) is 0.731. The molecule has 1 amide bonds. The van der Waals surface area contributed by atoms with Crippen LogP contribution in [0.5, 0.6) is 0 Å². The Kier molecular flexibility index (Phi) is 6.99. The molecular formula is C18H30N4OS2. The van der Waals surface area contributed by atoms with Gasteiger partial charge in [0.25, 0.3) is 0 Å². The number of aromatic nitrogens is 2. The van der Waals surface area contributed by atoms with Crippen LogP contribution in [0.25, 0.3) is 0 Å². The van der Waals surface area contributed by atoms with Gasteiger partial charge >= 0.3 is 0 Å². The molecule has 3 rings (SSSR count). The van der Waals surface area contributed by atoms with Crippen molar-refractivity contribution in [3.8, 4) is 0 Å². The van der Waals surface area contributed by atoms with Crippen LogP contribution in [0.2, 0.25) is 0 Å². The first-order chi connectivity index (χ1) is 12.2. The fraction of sp³-hybridized carbons (Fsp3) is 0.833. The number of carbonyl (C=O) groups excluding carboxylic acids is 1. The smallest absolute Gasteiger partial charge is 0.236 e. The molecule has 0 radical (unpaired) electrons. The van der Waals surface area contributed by atoms with E-state index < -0.39 is 0 Å². The molecule has 1 N–H and O–H groups in total. The molecule has 2 atom stereocenters. The molecule has 0 bridgehead atoms. The summed E-state index contributed by atoms with van der Waals surface area (Å²) in [6, 6.07) is 0.958. The van der Waals surface area contributed by atoms with Gasteiger partial charge < -0.3 is 10.2 Å². The summed E-state index contributed by atoms with van der Waals surface area (Å²) in [5.41, 5.74) is 0. The lowest BCUT2D eigenvalue weighted by atomic mass is 9.96. The molecule has 0 aromatic carbocycles. The van der Waals surface area contributed by atoms with Crippen molar-refractivity contribution in [2.75, 3.05) is 11.9 Å². The minimum atomic E-state index is -0.0948. The number of nitrogens with one attached hydrogen (secondary N) is 1. The largest absolute Gasteiger partial charge is 0.357 e. The highest BCUT2D eigenvalue weighted by atomic mass is 32.2. The zero-order valence-electron chi connectivity index (χ0n) is 15.4. The van der Waals surface area contributed by atoms with Crippen LogP contribution in [0, 0.1) is 0 Å². The number of hydrogen-bond acceptors (Lipinski definition) is 6. The summed E-state index contributed by atoms with van der Waals surface area (Å²) in [7, 11) is 0. The number of carbonyl (C=O) groups is 1. The monoisotopic (exact) mass is 382 g/mol. The van der Waals surface area contributed by atoms with Gasteiger partial charge in [-0.05, 0) is 45.4 Å². The van der Waals surface area contributed by atoms with E-state index in [0.717, 1.165) is 35.3 Å². The molecule has 1 saturated heterocycles. The summed E-state index contributed by atoms with van der Waals surface area (Å²) < 4.78 is 0.893. The maximum Gasteiger partial charge on any atom is 0.236 e. The van der Waals surface area contributed by atoms with Gasteiger partial charge in [0, 0.05) is 18.6 Å². The van der Waals surface area contributed by atoms with Crippen molar-refractivity contribution < 1.29 is 4.79 Å². The van der Waals surface area contributed by atoms with E-state index in [2.05, 4.69) is 27.3 Å². The normalized spacial score (nSPS) is 23.4. The average Bonchev–Trinajstić information content (AvgIpc) is 3.08. The minimum absolute atomic E-state index is 0.0948. The van der Waals surface area contributed by atoms with Crippen molar-refractivity contribution in [3.05, 3.63) is 0 Å². The summed E-state index contributed by atoms with van der Waals surface area (Å²) in [6.07, 6.45) is 11.0. The van der Waals surface area contributed by atoms with Gasteiger partial charge in [-0.15, -0.1) is 10.2 Å². The molecule has 2 heterocycles. The van der Waals surface area contributed by atoms with Crippen LogP contribution in [0.15, 0.2) is 4.34 Å². The molecule has 1 aromatic rings. The number of piperidine rings is 1. The molecule has 7 heteroatoms. The fourth-order valence-electron chi connectivity index (χ4n) is 3.89. The zero-order valence-corrected chi connectivity index (χ0v) is 17.0. The van der Waals surface area contributed by atoms with E-state index in [1.54, 1.807) is 23.1 Å². The van der Waals surface area contributed by atoms with Crippen LogP contribution in [-0.4, -0.2) is 44.9 Å². The highest BCUT2D eigenvalue weighted by molar-refractivity contribution is 8.02. The van der Waals surface area contributed by atoms with Crippen molar-refractivity contribution in [2.24, 2.45) is 0 Å². The van der Waals surface area contributed by atoms with Gasteiger partial charge in [-0.1, -0.05) is 49.3 Å². The lowest BCUT2D eigenvalue weighted by Gasteiger charge is -2.36. The second kappa shape index (κ2) is 9.21. The van der Waals surface area contributed by atoms with E-state index in [1.807, 2.05) is 6.92 Å². The Morgan fingerprint density at radius 3 is 2.76 bits per heavy atom. The van der Waals surface area contributed by atoms with E-state index in [9.17, 15) is 4.79 Å². The number of nitrogens with zero attached hydrogens (tertiary/aromatic N) is 3. The Hall–Kier alpha value is -0.820. The lowest BCUT2D eigenvalue weighted by molar-refractivity contribution is -0.134. The molecule has 1 saturated carbocycles. The maximum atomic E-state index is 12.8. The summed E-state index contributed by atoms with van der Waals surface area (Å²) in [4.78, 5) is 14.9. The number of thioether (sulfide) groups is 1. The number of likely N-dealkylation sites (tertiary alicyclic amines) is 1. The predicted molar refractivity (Wildman–Crippen MR) is 105 cm³/mol. The van der Waals surface area contributed by atoms with Crippen molar-refractivity contribution in [1.29, 1.82) is 0 Å². The minimum Gasteiger partial charge on any atom is -0.357 e. The molecule has 2 fully saturated rings. The van der Waals surface area contributed by atoms with E-state index in [0.29, 0.717) is 12.1 Å². The van der Waals surface area contributed by atoms with Crippen LogP contribution >= 0.6 is 23.1 Å². The Morgan fingerprint density at radius 2 is 2.00 bits per heavy atom. The van der Waals surface area contributed by atoms with Crippen molar-refractivity contribution >= 4 is 34.1 Å². The molecule has 2 unspecified atom stereocenters. The summed E-state index contributed by atoms with van der Waals surface area (Å²) >= 11 is 3.14. The van der Waals surface area contributed by atoms with Gasteiger partial charge in [0.05, 0.1) is 5.25 Å². The van der Waals surface area contributed by atoms with Crippen LogP contribution in [-0.2, 0) is 4.79 Å². The first-order valence-corrected chi connectivity index (χ1v) is 11.4. The molecule has 1 aliphatic heterocycles. The van der Waals surface area contributed by atoms with E-state index >= 15 is 0 Å². The highest BCUT2D eigenvalue weighted by Crippen LogP contribution is 2.32. The molecule has 1 aliphatic carbocycles. The highest BCUT2D eigenvalue weighted by Gasteiger charge is 2.29.